The van der Waals surface area contributed by atoms with Gasteiger partial charge >= 0.3 is 0 Å². The van der Waals surface area contributed by atoms with Crippen molar-refractivity contribution in [3.63, 3.8) is 0 Å². The van der Waals surface area contributed by atoms with Gasteiger partial charge in [-0.05, 0) is 18.1 Å². The number of aryl methyl sites for hydroxylation is 1. The second-order valence-corrected chi connectivity index (χ2v) is 4.62. The van der Waals surface area contributed by atoms with Gasteiger partial charge in [-0.1, -0.05) is 29.4 Å². The molecule has 1 amide bonds. The van der Waals surface area contributed by atoms with Crippen LogP contribution in [0.1, 0.15) is 22.6 Å². The van der Waals surface area contributed by atoms with Crippen molar-refractivity contribution in [1.82, 2.24) is 10.1 Å². The summed E-state index contributed by atoms with van der Waals surface area (Å²) in [4.78, 5) is 13.9. The third kappa shape index (κ3) is 2.01. The van der Waals surface area contributed by atoms with Crippen LogP contribution in [0.15, 0.2) is 34.9 Å². The summed E-state index contributed by atoms with van der Waals surface area (Å²) >= 11 is 0. The Morgan fingerprint density at radius 2 is 2.11 bits per heavy atom. The molecule has 4 heteroatoms. The first-order chi connectivity index (χ1) is 8.72. The number of fused-ring (bicyclic) bond motifs is 1. The van der Waals surface area contributed by atoms with Crippen LogP contribution in [0.3, 0.4) is 0 Å². The Morgan fingerprint density at radius 1 is 1.33 bits per heavy atom. The van der Waals surface area contributed by atoms with E-state index in [9.17, 15) is 4.79 Å². The number of hydrogen-bond donors (Lipinski definition) is 0. The van der Waals surface area contributed by atoms with Crippen LogP contribution in [0.2, 0.25) is 0 Å². The maximum absolute atomic E-state index is 12.0. The van der Waals surface area contributed by atoms with Crippen LogP contribution < -0.4 is 0 Å². The molecule has 1 aromatic carbocycles. The molecule has 1 aromatic heterocycles. The second-order valence-electron chi connectivity index (χ2n) is 4.62. The smallest absolute Gasteiger partial charge is 0.227 e. The fourth-order valence-corrected chi connectivity index (χ4v) is 2.28. The van der Waals surface area contributed by atoms with Crippen LogP contribution in [0.25, 0.3) is 0 Å². The Labute approximate surface area is 105 Å². The highest BCUT2D eigenvalue weighted by atomic mass is 16.5. The molecule has 1 aliphatic rings. The van der Waals surface area contributed by atoms with Gasteiger partial charge in [0.15, 0.2) is 0 Å². The summed E-state index contributed by atoms with van der Waals surface area (Å²) in [5.74, 6) is 0.921. The van der Waals surface area contributed by atoms with Crippen molar-refractivity contribution in [2.24, 2.45) is 0 Å². The number of aromatic nitrogens is 1. The van der Waals surface area contributed by atoms with E-state index in [1.165, 1.54) is 5.56 Å². The SMILES string of the molecule is Cc1cc(CN2Cc3ccccc3CC2=O)no1. The zero-order valence-corrected chi connectivity index (χ0v) is 10.2. The number of hydrogen-bond acceptors (Lipinski definition) is 3. The topological polar surface area (TPSA) is 46.3 Å². The van der Waals surface area contributed by atoms with Crippen LogP contribution >= 0.6 is 0 Å². The summed E-state index contributed by atoms with van der Waals surface area (Å²) in [5.41, 5.74) is 3.16. The zero-order valence-electron chi connectivity index (χ0n) is 10.2. The van der Waals surface area contributed by atoms with E-state index in [0.717, 1.165) is 17.0 Å². The number of nitrogens with zero attached hydrogens (tertiary/aromatic N) is 2. The van der Waals surface area contributed by atoms with E-state index in [0.29, 0.717) is 19.5 Å². The molecule has 0 N–H and O–H groups in total. The normalized spacial score (nSPS) is 14.7. The van der Waals surface area contributed by atoms with Gasteiger partial charge in [-0.2, -0.15) is 0 Å². The Morgan fingerprint density at radius 3 is 2.83 bits per heavy atom. The fourth-order valence-electron chi connectivity index (χ4n) is 2.28. The highest BCUT2D eigenvalue weighted by Gasteiger charge is 2.23. The van der Waals surface area contributed by atoms with Crippen molar-refractivity contribution in [2.75, 3.05) is 0 Å². The summed E-state index contributed by atoms with van der Waals surface area (Å²) in [6, 6.07) is 9.94. The van der Waals surface area contributed by atoms with Gasteiger partial charge in [-0.3, -0.25) is 4.79 Å². The molecule has 0 fully saturated rings. The molecule has 0 unspecified atom stereocenters. The lowest BCUT2D eigenvalue weighted by atomic mass is 9.99. The third-order valence-electron chi connectivity index (χ3n) is 3.20. The molecule has 0 bridgehead atoms. The summed E-state index contributed by atoms with van der Waals surface area (Å²) in [7, 11) is 0. The fraction of sp³-hybridized carbons (Fsp3) is 0.286. The van der Waals surface area contributed by atoms with Gasteiger partial charge in [0.1, 0.15) is 11.5 Å². The molecule has 2 heterocycles. The molecule has 18 heavy (non-hydrogen) atoms. The van der Waals surface area contributed by atoms with E-state index in [4.69, 9.17) is 4.52 Å². The average molecular weight is 242 g/mol. The van der Waals surface area contributed by atoms with Crippen molar-refractivity contribution in [3.8, 4) is 0 Å². The molecule has 0 radical (unpaired) electrons. The van der Waals surface area contributed by atoms with E-state index >= 15 is 0 Å². The third-order valence-corrected chi connectivity index (χ3v) is 3.20. The first-order valence-corrected chi connectivity index (χ1v) is 5.99. The lowest BCUT2D eigenvalue weighted by Gasteiger charge is -2.27. The molecule has 4 nitrogen and oxygen atoms in total. The molecule has 92 valence electrons. The van der Waals surface area contributed by atoms with E-state index in [1.54, 1.807) is 0 Å². The maximum atomic E-state index is 12.0. The summed E-state index contributed by atoms with van der Waals surface area (Å²) in [5, 5.41) is 3.93. The Kier molecular flexibility index (Phi) is 2.63. The minimum absolute atomic E-state index is 0.148. The average Bonchev–Trinajstić information content (AvgIpc) is 2.76. The minimum atomic E-state index is 0.148. The van der Waals surface area contributed by atoms with Gasteiger partial charge in [-0.25, -0.2) is 0 Å². The van der Waals surface area contributed by atoms with E-state index < -0.39 is 0 Å². The Balaban J connectivity index is 1.81. The number of rotatable bonds is 2. The molecule has 0 saturated heterocycles. The van der Waals surface area contributed by atoms with Crippen LogP contribution in [0.4, 0.5) is 0 Å². The standard InChI is InChI=1S/C14H14N2O2/c1-10-6-13(15-18-10)9-16-8-12-5-3-2-4-11(12)7-14(16)17/h2-6H,7-9H2,1H3. The van der Waals surface area contributed by atoms with E-state index in [2.05, 4.69) is 11.2 Å². The number of carbonyl (C=O) groups is 1. The molecular weight excluding hydrogens is 228 g/mol. The van der Waals surface area contributed by atoms with Crippen LogP contribution in [-0.2, 0) is 24.3 Å². The summed E-state index contributed by atoms with van der Waals surface area (Å²) < 4.78 is 5.02. The quantitative estimate of drug-likeness (QED) is 0.809. The highest BCUT2D eigenvalue weighted by molar-refractivity contribution is 5.80. The monoisotopic (exact) mass is 242 g/mol. The lowest BCUT2D eigenvalue weighted by molar-refractivity contribution is -0.132. The van der Waals surface area contributed by atoms with Crippen LogP contribution in [0.5, 0.6) is 0 Å². The van der Waals surface area contributed by atoms with Gasteiger partial charge in [0.25, 0.3) is 0 Å². The predicted octanol–water partition coefficient (Wildman–Crippen LogP) is 2.07. The van der Waals surface area contributed by atoms with Gasteiger partial charge < -0.3 is 9.42 Å². The van der Waals surface area contributed by atoms with Crippen molar-refractivity contribution in [3.05, 3.63) is 52.9 Å². The molecular formula is C14H14N2O2. The van der Waals surface area contributed by atoms with Crippen LogP contribution in [0, 0.1) is 6.92 Å². The Bertz CT molecular complexity index is 589. The number of benzene rings is 1. The molecule has 3 rings (SSSR count). The van der Waals surface area contributed by atoms with Gasteiger partial charge in [0, 0.05) is 12.6 Å². The predicted molar refractivity (Wildman–Crippen MR) is 65.6 cm³/mol. The second kappa shape index (κ2) is 4.29. The van der Waals surface area contributed by atoms with Crippen molar-refractivity contribution < 1.29 is 9.32 Å². The molecule has 0 aliphatic carbocycles. The Hall–Kier alpha value is -2.10. The van der Waals surface area contributed by atoms with Gasteiger partial charge in [0.05, 0.1) is 13.0 Å². The number of carbonyl (C=O) groups excluding carboxylic acids is 1. The maximum Gasteiger partial charge on any atom is 0.227 e. The van der Waals surface area contributed by atoms with Gasteiger partial charge in [-0.15, -0.1) is 0 Å². The molecule has 0 spiro atoms. The minimum Gasteiger partial charge on any atom is -0.361 e. The molecule has 0 saturated carbocycles. The van der Waals surface area contributed by atoms with E-state index in [1.807, 2.05) is 36.1 Å². The van der Waals surface area contributed by atoms with Gasteiger partial charge in [0.2, 0.25) is 5.91 Å². The van der Waals surface area contributed by atoms with Crippen molar-refractivity contribution in [2.45, 2.75) is 26.4 Å². The largest absolute Gasteiger partial charge is 0.361 e. The first-order valence-electron chi connectivity index (χ1n) is 5.99. The molecule has 1 aliphatic heterocycles. The zero-order chi connectivity index (χ0) is 12.5. The first kappa shape index (κ1) is 11.0. The summed E-state index contributed by atoms with van der Waals surface area (Å²) in [6.45, 7) is 3.02. The van der Waals surface area contributed by atoms with Crippen molar-refractivity contribution in [1.29, 1.82) is 0 Å². The summed E-state index contributed by atoms with van der Waals surface area (Å²) in [6.07, 6.45) is 0.479. The molecule has 2 aromatic rings. The number of amides is 1. The van der Waals surface area contributed by atoms with Crippen LogP contribution in [-0.4, -0.2) is 16.0 Å². The lowest BCUT2D eigenvalue weighted by Crippen LogP contribution is -2.35. The van der Waals surface area contributed by atoms with E-state index in [-0.39, 0.29) is 5.91 Å². The highest BCUT2D eigenvalue weighted by Crippen LogP contribution is 2.21. The van der Waals surface area contributed by atoms with Crippen molar-refractivity contribution >= 4 is 5.91 Å². The molecule has 0 atom stereocenters.